The standard InChI is InChI=1S/C11H15N3O2/c15-11(16)10-5-9(6-13-7-10)8-14-3-1-12-2-4-14/h5-7,12H,1-4,8H2,(H,15,16). The van der Waals surface area contributed by atoms with Gasteiger partial charge in [-0.2, -0.15) is 0 Å². The first-order valence-corrected chi connectivity index (χ1v) is 5.36. The topological polar surface area (TPSA) is 65.5 Å². The minimum Gasteiger partial charge on any atom is -0.478 e. The number of carboxylic acids is 1. The number of rotatable bonds is 3. The van der Waals surface area contributed by atoms with E-state index in [0.717, 1.165) is 38.3 Å². The summed E-state index contributed by atoms with van der Waals surface area (Å²) >= 11 is 0. The molecule has 2 N–H and O–H groups in total. The lowest BCUT2D eigenvalue weighted by Gasteiger charge is -2.27. The third-order valence-electron chi connectivity index (χ3n) is 2.66. The molecule has 2 rings (SSSR count). The van der Waals surface area contributed by atoms with Crippen molar-refractivity contribution in [1.82, 2.24) is 15.2 Å². The SMILES string of the molecule is O=C(O)c1cncc(CN2CCNCC2)c1. The van der Waals surface area contributed by atoms with Crippen LogP contribution in [0.15, 0.2) is 18.5 Å². The highest BCUT2D eigenvalue weighted by atomic mass is 16.4. The highest BCUT2D eigenvalue weighted by Crippen LogP contribution is 2.07. The van der Waals surface area contributed by atoms with Crippen molar-refractivity contribution in [2.45, 2.75) is 6.54 Å². The number of nitrogens with one attached hydrogen (secondary N) is 1. The fourth-order valence-electron chi connectivity index (χ4n) is 1.82. The molecule has 0 aromatic carbocycles. The van der Waals surface area contributed by atoms with Crippen molar-refractivity contribution < 1.29 is 9.90 Å². The number of carbonyl (C=O) groups is 1. The zero-order valence-electron chi connectivity index (χ0n) is 9.02. The van der Waals surface area contributed by atoms with Gasteiger partial charge in [0.2, 0.25) is 0 Å². The molecular weight excluding hydrogens is 206 g/mol. The Morgan fingerprint density at radius 1 is 1.44 bits per heavy atom. The summed E-state index contributed by atoms with van der Waals surface area (Å²) in [7, 11) is 0. The van der Waals surface area contributed by atoms with Crippen LogP contribution in [0.2, 0.25) is 0 Å². The van der Waals surface area contributed by atoms with Gasteiger partial charge >= 0.3 is 5.97 Å². The summed E-state index contributed by atoms with van der Waals surface area (Å²) in [6.07, 6.45) is 3.11. The molecule has 0 atom stereocenters. The summed E-state index contributed by atoms with van der Waals surface area (Å²) in [6.45, 7) is 4.75. The zero-order chi connectivity index (χ0) is 11.4. The van der Waals surface area contributed by atoms with Crippen LogP contribution in [0.5, 0.6) is 0 Å². The highest BCUT2D eigenvalue weighted by Gasteiger charge is 2.11. The van der Waals surface area contributed by atoms with Crippen molar-refractivity contribution >= 4 is 5.97 Å². The molecule has 0 saturated carbocycles. The van der Waals surface area contributed by atoms with Crippen LogP contribution in [-0.4, -0.2) is 47.1 Å². The molecule has 1 aliphatic heterocycles. The molecule has 2 heterocycles. The summed E-state index contributed by atoms with van der Waals surface area (Å²) in [5, 5.41) is 12.1. The van der Waals surface area contributed by atoms with E-state index in [4.69, 9.17) is 5.11 Å². The van der Waals surface area contributed by atoms with E-state index in [1.54, 1.807) is 12.3 Å². The fraction of sp³-hybridized carbons (Fsp3) is 0.455. The summed E-state index contributed by atoms with van der Waals surface area (Å²) in [4.78, 5) is 17.0. The van der Waals surface area contributed by atoms with Gasteiger partial charge in [0.15, 0.2) is 0 Å². The number of piperazine rings is 1. The molecule has 1 aromatic heterocycles. The number of aromatic carboxylic acids is 1. The van der Waals surface area contributed by atoms with E-state index >= 15 is 0 Å². The first kappa shape index (κ1) is 11.0. The van der Waals surface area contributed by atoms with E-state index in [-0.39, 0.29) is 5.56 Å². The van der Waals surface area contributed by atoms with E-state index in [9.17, 15) is 4.79 Å². The minimum absolute atomic E-state index is 0.257. The first-order valence-electron chi connectivity index (χ1n) is 5.36. The van der Waals surface area contributed by atoms with Gasteiger partial charge < -0.3 is 10.4 Å². The van der Waals surface area contributed by atoms with Gasteiger partial charge in [-0.1, -0.05) is 0 Å². The Bertz CT molecular complexity index is 375. The van der Waals surface area contributed by atoms with Crippen molar-refractivity contribution in [2.75, 3.05) is 26.2 Å². The summed E-state index contributed by atoms with van der Waals surface area (Å²) < 4.78 is 0. The number of hydrogen-bond acceptors (Lipinski definition) is 4. The Labute approximate surface area is 94.1 Å². The molecule has 5 nitrogen and oxygen atoms in total. The molecule has 1 fully saturated rings. The number of carboxylic acid groups (broad SMARTS) is 1. The molecular formula is C11H15N3O2. The van der Waals surface area contributed by atoms with Gasteiger partial charge in [0.1, 0.15) is 0 Å². The van der Waals surface area contributed by atoms with Gasteiger partial charge in [-0.15, -0.1) is 0 Å². The van der Waals surface area contributed by atoms with Crippen LogP contribution < -0.4 is 5.32 Å². The molecule has 0 aliphatic carbocycles. The van der Waals surface area contributed by atoms with Crippen LogP contribution in [0.4, 0.5) is 0 Å². The maximum atomic E-state index is 10.8. The van der Waals surface area contributed by atoms with Crippen molar-refractivity contribution in [1.29, 1.82) is 0 Å². The summed E-state index contributed by atoms with van der Waals surface area (Å²) in [5.74, 6) is -0.922. The molecule has 1 saturated heterocycles. The lowest BCUT2D eigenvalue weighted by Crippen LogP contribution is -2.42. The Morgan fingerprint density at radius 3 is 2.88 bits per heavy atom. The van der Waals surface area contributed by atoms with Crippen molar-refractivity contribution in [3.05, 3.63) is 29.6 Å². The smallest absolute Gasteiger partial charge is 0.337 e. The molecule has 1 aliphatic rings. The molecule has 0 unspecified atom stereocenters. The van der Waals surface area contributed by atoms with Gasteiger partial charge in [0.05, 0.1) is 5.56 Å². The lowest BCUT2D eigenvalue weighted by atomic mass is 10.2. The Morgan fingerprint density at radius 2 is 2.19 bits per heavy atom. The maximum absolute atomic E-state index is 10.8. The first-order chi connectivity index (χ1) is 7.75. The predicted octanol–water partition coefficient (Wildman–Crippen LogP) is 0.185. The molecule has 86 valence electrons. The molecule has 1 aromatic rings. The van der Waals surface area contributed by atoms with Crippen LogP contribution in [0.25, 0.3) is 0 Å². The van der Waals surface area contributed by atoms with Crippen molar-refractivity contribution in [3.63, 3.8) is 0 Å². The second-order valence-electron chi connectivity index (χ2n) is 3.91. The average Bonchev–Trinajstić information content (AvgIpc) is 2.30. The third-order valence-corrected chi connectivity index (χ3v) is 2.66. The monoisotopic (exact) mass is 221 g/mol. The van der Waals surface area contributed by atoms with Crippen LogP contribution in [0, 0.1) is 0 Å². The van der Waals surface area contributed by atoms with E-state index in [1.165, 1.54) is 6.20 Å². The van der Waals surface area contributed by atoms with Gasteiger partial charge in [-0.05, 0) is 11.6 Å². The molecule has 16 heavy (non-hydrogen) atoms. The van der Waals surface area contributed by atoms with Gasteiger partial charge in [0, 0.05) is 45.1 Å². The van der Waals surface area contributed by atoms with Crippen LogP contribution in [0.3, 0.4) is 0 Å². The van der Waals surface area contributed by atoms with Gasteiger partial charge in [-0.3, -0.25) is 9.88 Å². The Balaban J connectivity index is 2.02. The molecule has 0 spiro atoms. The van der Waals surface area contributed by atoms with Crippen LogP contribution in [0.1, 0.15) is 15.9 Å². The second kappa shape index (κ2) is 5.05. The van der Waals surface area contributed by atoms with Crippen molar-refractivity contribution in [2.24, 2.45) is 0 Å². The summed E-state index contributed by atoms with van der Waals surface area (Å²) in [5.41, 5.74) is 1.22. The third kappa shape index (κ3) is 2.77. The maximum Gasteiger partial charge on any atom is 0.337 e. The number of pyridine rings is 1. The Kier molecular flexibility index (Phi) is 3.48. The average molecular weight is 221 g/mol. The predicted molar refractivity (Wildman–Crippen MR) is 59.3 cm³/mol. The normalized spacial score (nSPS) is 17.2. The number of aromatic nitrogens is 1. The fourth-order valence-corrected chi connectivity index (χ4v) is 1.82. The number of hydrogen-bond donors (Lipinski definition) is 2. The van der Waals surface area contributed by atoms with Gasteiger partial charge in [0.25, 0.3) is 0 Å². The van der Waals surface area contributed by atoms with Gasteiger partial charge in [-0.25, -0.2) is 4.79 Å². The van der Waals surface area contributed by atoms with E-state index in [1.807, 2.05) is 0 Å². The lowest BCUT2D eigenvalue weighted by molar-refractivity contribution is 0.0696. The van der Waals surface area contributed by atoms with Crippen LogP contribution >= 0.6 is 0 Å². The van der Waals surface area contributed by atoms with E-state index in [0.29, 0.717) is 0 Å². The largest absolute Gasteiger partial charge is 0.478 e. The van der Waals surface area contributed by atoms with E-state index in [2.05, 4.69) is 15.2 Å². The second-order valence-corrected chi connectivity index (χ2v) is 3.91. The molecule has 0 bridgehead atoms. The van der Waals surface area contributed by atoms with E-state index < -0.39 is 5.97 Å². The zero-order valence-corrected chi connectivity index (χ0v) is 9.02. The van der Waals surface area contributed by atoms with Crippen molar-refractivity contribution in [3.8, 4) is 0 Å². The van der Waals surface area contributed by atoms with Crippen LogP contribution in [-0.2, 0) is 6.54 Å². The molecule has 0 radical (unpaired) electrons. The Hall–Kier alpha value is -1.46. The number of nitrogens with zero attached hydrogens (tertiary/aromatic N) is 2. The molecule has 5 heteroatoms. The highest BCUT2D eigenvalue weighted by molar-refractivity contribution is 5.87. The minimum atomic E-state index is -0.922. The molecule has 0 amide bonds. The summed E-state index contributed by atoms with van der Waals surface area (Å²) in [6, 6.07) is 1.69. The quantitative estimate of drug-likeness (QED) is 0.762.